The van der Waals surface area contributed by atoms with Gasteiger partial charge < -0.3 is 20.5 Å². The first-order chi connectivity index (χ1) is 8.25. The predicted molar refractivity (Wildman–Crippen MR) is 70.8 cm³/mol. The average Bonchev–Trinajstić information content (AvgIpc) is 2.74. The minimum atomic E-state index is -0.233. The maximum absolute atomic E-state index is 11.7. The molecular weight excluding hydrogens is 256 g/mol. The lowest BCUT2D eigenvalue weighted by Crippen LogP contribution is -2.42. The number of aliphatic hydroxyl groups is 1. The third-order valence-electron chi connectivity index (χ3n) is 3.60. The Labute approximate surface area is 114 Å². The minimum Gasteiger partial charge on any atom is -0.393 e. The SMILES string of the molecule is Cl.O=C(CC1CNCCO1)NCC1CCCC1O. The van der Waals surface area contributed by atoms with Crippen molar-refractivity contribution in [3.63, 3.8) is 0 Å². The van der Waals surface area contributed by atoms with Gasteiger partial charge in [-0.25, -0.2) is 0 Å². The van der Waals surface area contributed by atoms with Crippen molar-refractivity contribution < 1.29 is 14.6 Å². The van der Waals surface area contributed by atoms with Crippen LogP contribution in [0.15, 0.2) is 0 Å². The summed E-state index contributed by atoms with van der Waals surface area (Å²) in [5.41, 5.74) is 0. The van der Waals surface area contributed by atoms with Crippen LogP contribution in [0.5, 0.6) is 0 Å². The van der Waals surface area contributed by atoms with Crippen LogP contribution in [-0.2, 0) is 9.53 Å². The Morgan fingerprint density at radius 1 is 1.44 bits per heavy atom. The standard InChI is InChI=1S/C12H22N2O3.ClH/c15-11-3-1-2-9(11)7-14-12(16)6-10-8-13-4-5-17-10;/h9-11,13,15H,1-8H2,(H,14,16);1H. The summed E-state index contributed by atoms with van der Waals surface area (Å²) in [6.07, 6.45) is 3.13. The van der Waals surface area contributed by atoms with Gasteiger partial charge in [-0.2, -0.15) is 0 Å². The van der Waals surface area contributed by atoms with Crippen molar-refractivity contribution >= 4 is 18.3 Å². The molecule has 3 N–H and O–H groups in total. The number of ether oxygens (including phenoxy) is 1. The number of nitrogens with one attached hydrogen (secondary N) is 2. The summed E-state index contributed by atoms with van der Waals surface area (Å²) in [6.45, 7) is 2.89. The van der Waals surface area contributed by atoms with E-state index in [2.05, 4.69) is 10.6 Å². The number of amides is 1. The Morgan fingerprint density at radius 2 is 2.28 bits per heavy atom. The predicted octanol–water partition coefficient (Wildman–Crippen LogP) is 0.0639. The van der Waals surface area contributed by atoms with Crippen molar-refractivity contribution in [2.45, 2.75) is 37.9 Å². The van der Waals surface area contributed by atoms with E-state index in [-0.39, 0.29) is 36.4 Å². The zero-order valence-electron chi connectivity index (χ0n) is 10.6. The third kappa shape index (κ3) is 4.72. The van der Waals surface area contributed by atoms with Crippen molar-refractivity contribution in [3.8, 4) is 0 Å². The average molecular weight is 279 g/mol. The van der Waals surface area contributed by atoms with Crippen LogP contribution in [0.4, 0.5) is 0 Å². The Bertz CT molecular complexity index is 260. The van der Waals surface area contributed by atoms with E-state index in [1.54, 1.807) is 0 Å². The molecule has 1 saturated heterocycles. The van der Waals surface area contributed by atoms with E-state index in [1.807, 2.05) is 0 Å². The molecule has 0 bridgehead atoms. The van der Waals surface area contributed by atoms with Crippen molar-refractivity contribution in [1.82, 2.24) is 10.6 Å². The molecule has 1 saturated carbocycles. The fraction of sp³-hybridized carbons (Fsp3) is 0.917. The molecule has 6 heteroatoms. The molecule has 5 nitrogen and oxygen atoms in total. The Kier molecular flexibility index (Phi) is 6.92. The number of halogens is 1. The molecule has 1 amide bonds. The van der Waals surface area contributed by atoms with Gasteiger partial charge in [0.2, 0.25) is 5.91 Å². The third-order valence-corrected chi connectivity index (χ3v) is 3.60. The second kappa shape index (κ2) is 7.94. The minimum absolute atomic E-state index is 0. The van der Waals surface area contributed by atoms with Gasteiger partial charge in [-0.1, -0.05) is 6.42 Å². The number of carbonyl (C=O) groups is 1. The van der Waals surface area contributed by atoms with Crippen molar-refractivity contribution in [2.75, 3.05) is 26.2 Å². The van der Waals surface area contributed by atoms with E-state index in [4.69, 9.17) is 4.74 Å². The summed E-state index contributed by atoms with van der Waals surface area (Å²) in [4.78, 5) is 11.7. The van der Waals surface area contributed by atoms with Crippen LogP contribution in [0.25, 0.3) is 0 Å². The van der Waals surface area contributed by atoms with Gasteiger partial charge in [-0.15, -0.1) is 12.4 Å². The highest BCUT2D eigenvalue weighted by Gasteiger charge is 2.25. The lowest BCUT2D eigenvalue weighted by Gasteiger charge is -2.23. The summed E-state index contributed by atoms with van der Waals surface area (Å²) < 4.78 is 5.47. The Morgan fingerprint density at radius 3 is 2.89 bits per heavy atom. The second-order valence-electron chi connectivity index (χ2n) is 4.96. The molecule has 1 heterocycles. The van der Waals surface area contributed by atoms with Crippen molar-refractivity contribution in [1.29, 1.82) is 0 Å². The normalized spacial score (nSPS) is 31.7. The lowest BCUT2D eigenvalue weighted by atomic mass is 10.1. The van der Waals surface area contributed by atoms with Gasteiger partial charge in [0.15, 0.2) is 0 Å². The van der Waals surface area contributed by atoms with Crippen LogP contribution >= 0.6 is 12.4 Å². The van der Waals surface area contributed by atoms with Crippen LogP contribution in [0, 0.1) is 5.92 Å². The highest BCUT2D eigenvalue weighted by atomic mass is 35.5. The van der Waals surface area contributed by atoms with Crippen LogP contribution in [-0.4, -0.2) is 49.5 Å². The molecular formula is C12H23ClN2O3. The number of morpholine rings is 1. The molecule has 18 heavy (non-hydrogen) atoms. The van der Waals surface area contributed by atoms with Gasteiger partial charge >= 0.3 is 0 Å². The number of hydrogen-bond acceptors (Lipinski definition) is 4. The maximum atomic E-state index is 11.7. The number of rotatable bonds is 4. The largest absolute Gasteiger partial charge is 0.393 e. The molecule has 0 spiro atoms. The second-order valence-corrected chi connectivity index (χ2v) is 4.96. The summed E-state index contributed by atoms with van der Waals surface area (Å²) in [6, 6.07) is 0. The van der Waals surface area contributed by atoms with E-state index in [1.165, 1.54) is 0 Å². The molecule has 2 aliphatic rings. The molecule has 3 atom stereocenters. The lowest BCUT2D eigenvalue weighted by molar-refractivity contribution is -0.124. The van der Waals surface area contributed by atoms with E-state index in [0.29, 0.717) is 19.6 Å². The molecule has 0 radical (unpaired) electrons. The smallest absolute Gasteiger partial charge is 0.222 e. The van der Waals surface area contributed by atoms with Gasteiger partial charge in [0.05, 0.1) is 25.2 Å². The van der Waals surface area contributed by atoms with Crippen LogP contribution in [0.1, 0.15) is 25.7 Å². The molecule has 0 aromatic heterocycles. The Hall–Kier alpha value is -0.360. The fourth-order valence-electron chi connectivity index (χ4n) is 2.53. The van der Waals surface area contributed by atoms with Crippen LogP contribution < -0.4 is 10.6 Å². The van der Waals surface area contributed by atoms with Gasteiger partial charge in [0.1, 0.15) is 0 Å². The monoisotopic (exact) mass is 278 g/mol. The molecule has 0 aromatic rings. The van der Waals surface area contributed by atoms with E-state index in [0.717, 1.165) is 32.4 Å². The summed E-state index contributed by atoms with van der Waals surface area (Å²) in [5.74, 6) is 0.266. The van der Waals surface area contributed by atoms with Gasteiger partial charge in [-0.3, -0.25) is 4.79 Å². The van der Waals surface area contributed by atoms with Gasteiger partial charge in [0, 0.05) is 25.6 Å². The summed E-state index contributed by atoms with van der Waals surface area (Å²) in [5, 5.41) is 15.7. The van der Waals surface area contributed by atoms with E-state index < -0.39 is 0 Å². The molecule has 1 aliphatic heterocycles. The van der Waals surface area contributed by atoms with Crippen LogP contribution in [0.2, 0.25) is 0 Å². The molecule has 1 aliphatic carbocycles. The quantitative estimate of drug-likeness (QED) is 0.680. The molecule has 2 fully saturated rings. The highest BCUT2D eigenvalue weighted by Crippen LogP contribution is 2.24. The first-order valence-corrected chi connectivity index (χ1v) is 6.53. The Balaban J connectivity index is 0.00000162. The van der Waals surface area contributed by atoms with E-state index in [9.17, 15) is 9.90 Å². The van der Waals surface area contributed by atoms with E-state index >= 15 is 0 Å². The molecule has 3 unspecified atom stereocenters. The summed E-state index contributed by atoms with van der Waals surface area (Å²) in [7, 11) is 0. The maximum Gasteiger partial charge on any atom is 0.222 e. The zero-order valence-corrected chi connectivity index (χ0v) is 11.4. The number of hydrogen-bond donors (Lipinski definition) is 3. The number of aliphatic hydroxyl groups excluding tert-OH is 1. The van der Waals surface area contributed by atoms with Crippen molar-refractivity contribution in [3.05, 3.63) is 0 Å². The van der Waals surface area contributed by atoms with Crippen molar-refractivity contribution in [2.24, 2.45) is 5.92 Å². The van der Waals surface area contributed by atoms with Gasteiger partial charge in [-0.05, 0) is 12.8 Å². The topological polar surface area (TPSA) is 70.6 Å². The highest BCUT2D eigenvalue weighted by molar-refractivity contribution is 5.85. The van der Waals surface area contributed by atoms with Crippen LogP contribution in [0.3, 0.4) is 0 Å². The zero-order chi connectivity index (χ0) is 12.1. The first kappa shape index (κ1) is 15.7. The fourth-order valence-corrected chi connectivity index (χ4v) is 2.53. The van der Waals surface area contributed by atoms with Gasteiger partial charge in [0.25, 0.3) is 0 Å². The molecule has 2 rings (SSSR count). The molecule has 0 aromatic carbocycles. The first-order valence-electron chi connectivity index (χ1n) is 6.53. The number of carbonyl (C=O) groups excluding carboxylic acids is 1. The summed E-state index contributed by atoms with van der Waals surface area (Å²) >= 11 is 0. The molecule has 106 valence electrons.